The van der Waals surface area contributed by atoms with Gasteiger partial charge in [0.2, 0.25) is 5.91 Å². The van der Waals surface area contributed by atoms with Crippen molar-refractivity contribution in [3.8, 4) is 0 Å². The summed E-state index contributed by atoms with van der Waals surface area (Å²) in [5.41, 5.74) is 0.0362. The lowest BCUT2D eigenvalue weighted by Crippen LogP contribution is -2.68. The Morgan fingerprint density at radius 3 is 2.49 bits per heavy atom. The Balaban J connectivity index is 1.47. The molecule has 2 aromatic rings. The number of rotatable bonds is 3. The molecule has 3 fully saturated rings. The molecule has 2 N–H and O–H groups in total. The van der Waals surface area contributed by atoms with Crippen LogP contribution in [-0.4, -0.2) is 87.5 Å². The predicted molar refractivity (Wildman–Crippen MR) is 124 cm³/mol. The number of amides is 1. The number of piperazine rings is 1. The molecular weight excluding hydrogens is 456 g/mol. The number of benzene rings is 1. The van der Waals surface area contributed by atoms with Crippen LogP contribution in [0, 0.1) is 6.92 Å². The fourth-order valence-corrected chi connectivity index (χ4v) is 5.14. The lowest BCUT2D eigenvalue weighted by atomic mass is 9.92. The number of aromatic nitrogens is 2. The number of hydrogen-bond donors (Lipinski definition) is 2. The van der Waals surface area contributed by atoms with E-state index in [-0.39, 0.29) is 12.5 Å². The molecule has 0 saturated carbocycles. The molecule has 3 aliphatic heterocycles. The lowest BCUT2D eigenvalue weighted by Gasteiger charge is -2.52. The van der Waals surface area contributed by atoms with Gasteiger partial charge in [-0.15, -0.1) is 0 Å². The second-order valence-corrected chi connectivity index (χ2v) is 9.24. The Morgan fingerprint density at radius 2 is 1.80 bits per heavy atom. The SMILES string of the molecule is CC(=O)N1CCN([C@H]2[C@H](O)[C@H](n3cc(C)c(=O)[nH]c3=O)O[C@@H]3CO[C@@H](c4ccccc4)O[C@@H]23)CC1. The molecule has 11 nitrogen and oxygen atoms in total. The number of aryl methyl sites for hydroxylation is 1. The molecular formula is C24H30N4O7. The van der Waals surface area contributed by atoms with Gasteiger partial charge in [0.15, 0.2) is 12.5 Å². The van der Waals surface area contributed by atoms with Crippen LogP contribution in [0.3, 0.4) is 0 Å². The van der Waals surface area contributed by atoms with E-state index >= 15 is 0 Å². The van der Waals surface area contributed by atoms with Gasteiger partial charge >= 0.3 is 5.69 Å². The molecule has 11 heteroatoms. The van der Waals surface area contributed by atoms with Crippen molar-refractivity contribution in [1.82, 2.24) is 19.4 Å². The molecule has 1 aromatic carbocycles. The molecule has 1 amide bonds. The Morgan fingerprint density at radius 1 is 1.09 bits per heavy atom. The summed E-state index contributed by atoms with van der Waals surface area (Å²) in [4.78, 5) is 42.5. The molecule has 1 aromatic heterocycles. The third-order valence-corrected chi connectivity index (χ3v) is 7.02. The number of fused-ring (bicyclic) bond motifs is 1. The van der Waals surface area contributed by atoms with Crippen LogP contribution in [0.15, 0.2) is 46.1 Å². The van der Waals surface area contributed by atoms with Crippen molar-refractivity contribution in [3.63, 3.8) is 0 Å². The Hall–Kier alpha value is -2.83. The maximum atomic E-state index is 12.6. The minimum Gasteiger partial charge on any atom is -0.387 e. The van der Waals surface area contributed by atoms with Gasteiger partial charge in [-0.2, -0.15) is 0 Å². The molecule has 188 valence electrons. The number of H-pyrrole nitrogens is 1. The van der Waals surface area contributed by atoms with Crippen LogP contribution < -0.4 is 11.2 Å². The lowest BCUT2D eigenvalue weighted by molar-refractivity contribution is -0.331. The summed E-state index contributed by atoms with van der Waals surface area (Å²) in [6.45, 7) is 5.46. The van der Waals surface area contributed by atoms with Crippen LogP contribution in [0.4, 0.5) is 0 Å². The fraction of sp³-hybridized carbons (Fsp3) is 0.542. The molecule has 4 heterocycles. The number of aliphatic hydroxyl groups is 1. The molecule has 3 aliphatic rings. The predicted octanol–water partition coefficient (Wildman–Crippen LogP) is -0.250. The van der Waals surface area contributed by atoms with Crippen molar-refractivity contribution in [2.75, 3.05) is 32.8 Å². The molecule has 0 bridgehead atoms. The first-order chi connectivity index (χ1) is 16.8. The maximum Gasteiger partial charge on any atom is 0.330 e. The van der Waals surface area contributed by atoms with Crippen LogP contribution in [0.25, 0.3) is 0 Å². The van der Waals surface area contributed by atoms with Gasteiger partial charge in [0.25, 0.3) is 5.56 Å². The Kier molecular flexibility index (Phi) is 6.60. The summed E-state index contributed by atoms with van der Waals surface area (Å²) >= 11 is 0. The smallest absolute Gasteiger partial charge is 0.330 e. The highest BCUT2D eigenvalue weighted by atomic mass is 16.7. The van der Waals surface area contributed by atoms with Gasteiger partial charge in [-0.05, 0) is 6.92 Å². The monoisotopic (exact) mass is 486 g/mol. The number of ether oxygens (including phenoxy) is 3. The van der Waals surface area contributed by atoms with Gasteiger partial charge in [0.1, 0.15) is 18.3 Å². The van der Waals surface area contributed by atoms with E-state index in [1.54, 1.807) is 18.7 Å². The summed E-state index contributed by atoms with van der Waals surface area (Å²) in [6, 6.07) is 9.02. The summed E-state index contributed by atoms with van der Waals surface area (Å²) in [7, 11) is 0. The first-order valence-electron chi connectivity index (χ1n) is 11.8. The number of nitrogens with one attached hydrogen (secondary N) is 1. The Labute approximate surface area is 201 Å². The highest BCUT2D eigenvalue weighted by Crippen LogP contribution is 2.39. The first-order valence-corrected chi connectivity index (χ1v) is 11.8. The minimum atomic E-state index is -1.14. The zero-order chi connectivity index (χ0) is 24.7. The third kappa shape index (κ3) is 4.57. The number of nitrogens with zero attached hydrogens (tertiary/aromatic N) is 3. The number of hydrogen-bond acceptors (Lipinski definition) is 8. The first kappa shape index (κ1) is 23.9. The zero-order valence-corrected chi connectivity index (χ0v) is 19.7. The van der Waals surface area contributed by atoms with E-state index in [0.29, 0.717) is 31.7 Å². The highest BCUT2D eigenvalue weighted by molar-refractivity contribution is 5.73. The van der Waals surface area contributed by atoms with Crippen molar-refractivity contribution in [1.29, 1.82) is 0 Å². The van der Waals surface area contributed by atoms with E-state index in [2.05, 4.69) is 9.88 Å². The molecule has 0 radical (unpaired) electrons. The summed E-state index contributed by atoms with van der Waals surface area (Å²) in [5.74, 6) is 0.00894. The standard InChI is InChI=1S/C24H30N4O7/c1-14-12-28(24(32)25-21(14)31)22-19(30)18(27-10-8-26(9-11-27)15(2)29)20-17(34-22)13-33-23(35-20)16-6-4-3-5-7-16/h3-7,12,17-20,22-23,30H,8-11,13H2,1-2H3,(H,25,31,32)/t17-,18+,19+,20-,22-,23-/m1/s1. The molecule has 6 atom stereocenters. The third-order valence-electron chi connectivity index (χ3n) is 7.02. The van der Waals surface area contributed by atoms with E-state index < -0.39 is 48.1 Å². The normalized spacial score (nSPS) is 31.7. The topological polar surface area (TPSA) is 126 Å². The van der Waals surface area contributed by atoms with Gasteiger partial charge in [-0.25, -0.2) is 4.79 Å². The van der Waals surface area contributed by atoms with E-state index in [4.69, 9.17) is 14.2 Å². The van der Waals surface area contributed by atoms with Crippen LogP contribution in [0.5, 0.6) is 0 Å². The second-order valence-electron chi connectivity index (χ2n) is 9.24. The van der Waals surface area contributed by atoms with Crippen LogP contribution in [0.2, 0.25) is 0 Å². The zero-order valence-electron chi connectivity index (χ0n) is 19.7. The average Bonchev–Trinajstić information content (AvgIpc) is 2.86. The van der Waals surface area contributed by atoms with Crippen molar-refractivity contribution < 1.29 is 24.1 Å². The second kappa shape index (κ2) is 9.67. The van der Waals surface area contributed by atoms with Gasteiger partial charge in [0, 0.05) is 50.4 Å². The average molecular weight is 487 g/mol. The van der Waals surface area contributed by atoms with Gasteiger partial charge in [0.05, 0.1) is 12.6 Å². The molecule has 0 spiro atoms. The van der Waals surface area contributed by atoms with Gasteiger partial charge < -0.3 is 24.2 Å². The van der Waals surface area contributed by atoms with Crippen molar-refractivity contribution in [2.45, 2.75) is 50.7 Å². The molecule has 0 unspecified atom stereocenters. The van der Waals surface area contributed by atoms with Gasteiger partial charge in [-0.3, -0.25) is 24.0 Å². The van der Waals surface area contributed by atoms with E-state index in [1.807, 2.05) is 30.3 Å². The molecule has 0 aliphatic carbocycles. The highest BCUT2D eigenvalue weighted by Gasteiger charge is 2.52. The number of carbonyl (C=O) groups excluding carboxylic acids is 1. The van der Waals surface area contributed by atoms with Crippen LogP contribution in [-0.2, 0) is 19.0 Å². The van der Waals surface area contributed by atoms with Crippen molar-refractivity contribution >= 4 is 5.91 Å². The van der Waals surface area contributed by atoms with E-state index in [9.17, 15) is 19.5 Å². The molecule has 35 heavy (non-hydrogen) atoms. The van der Waals surface area contributed by atoms with E-state index in [0.717, 1.165) is 5.56 Å². The van der Waals surface area contributed by atoms with Gasteiger partial charge in [-0.1, -0.05) is 30.3 Å². The summed E-state index contributed by atoms with van der Waals surface area (Å²) < 4.78 is 19.7. The molecule has 5 rings (SSSR count). The quantitative estimate of drug-likeness (QED) is 0.608. The van der Waals surface area contributed by atoms with Crippen LogP contribution >= 0.6 is 0 Å². The number of aliphatic hydroxyl groups excluding tert-OH is 1. The van der Waals surface area contributed by atoms with Crippen molar-refractivity contribution in [3.05, 3.63) is 68.5 Å². The minimum absolute atomic E-state index is 0.00894. The van der Waals surface area contributed by atoms with E-state index in [1.165, 1.54) is 10.8 Å². The fourth-order valence-electron chi connectivity index (χ4n) is 5.14. The Bertz CT molecular complexity index is 1170. The molecule has 3 saturated heterocycles. The van der Waals surface area contributed by atoms with Crippen LogP contribution in [0.1, 0.15) is 30.6 Å². The summed E-state index contributed by atoms with van der Waals surface area (Å²) in [5, 5.41) is 11.6. The maximum absolute atomic E-state index is 12.6. The largest absolute Gasteiger partial charge is 0.387 e. The number of aromatic amines is 1. The summed E-state index contributed by atoms with van der Waals surface area (Å²) in [6.07, 6.45) is -2.50. The number of carbonyl (C=O) groups is 1. The van der Waals surface area contributed by atoms with Crippen molar-refractivity contribution in [2.24, 2.45) is 0 Å².